The van der Waals surface area contributed by atoms with Crippen LogP contribution in [0, 0.1) is 0 Å². The standard InChI is InChI=1S/C14H17N3S/c1-2-13-16-17-14(18-13)15-9-10-3-5-11(6-4-10)12-7-8-12/h3-6,12H,2,7-9H2,1H3,(H,15,17). The molecule has 0 radical (unpaired) electrons. The van der Waals surface area contributed by atoms with Crippen LogP contribution in [0.25, 0.3) is 0 Å². The van der Waals surface area contributed by atoms with Gasteiger partial charge in [0.1, 0.15) is 5.01 Å². The molecule has 1 aliphatic carbocycles. The van der Waals surface area contributed by atoms with Crippen molar-refractivity contribution in [3.63, 3.8) is 0 Å². The van der Waals surface area contributed by atoms with Gasteiger partial charge in [0, 0.05) is 6.54 Å². The van der Waals surface area contributed by atoms with E-state index in [9.17, 15) is 0 Å². The number of nitrogens with zero attached hydrogens (tertiary/aromatic N) is 2. The molecule has 0 aliphatic heterocycles. The zero-order valence-corrected chi connectivity index (χ0v) is 11.3. The first-order valence-corrected chi connectivity index (χ1v) is 7.32. The normalized spacial score (nSPS) is 14.7. The van der Waals surface area contributed by atoms with Crippen LogP contribution in [0.1, 0.15) is 41.8 Å². The SMILES string of the molecule is CCc1nnc(NCc2ccc(C3CC3)cc2)s1. The van der Waals surface area contributed by atoms with Gasteiger partial charge < -0.3 is 5.32 Å². The maximum atomic E-state index is 4.12. The molecule has 18 heavy (non-hydrogen) atoms. The number of anilines is 1. The molecule has 0 atom stereocenters. The van der Waals surface area contributed by atoms with Gasteiger partial charge in [-0.2, -0.15) is 0 Å². The number of aryl methyl sites for hydroxylation is 1. The van der Waals surface area contributed by atoms with E-state index in [2.05, 4.69) is 46.7 Å². The first kappa shape index (κ1) is 11.7. The predicted molar refractivity (Wildman–Crippen MR) is 75.0 cm³/mol. The van der Waals surface area contributed by atoms with Gasteiger partial charge in [-0.05, 0) is 36.3 Å². The van der Waals surface area contributed by atoms with Crippen molar-refractivity contribution in [2.75, 3.05) is 5.32 Å². The summed E-state index contributed by atoms with van der Waals surface area (Å²) < 4.78 is 0. The van der Waals surface area contributed by atoms with Gasteiger partial charge in [-0.1, -0.05) is 42.5 Å². The minimum atomic E-state index is 0.823. The molecule has 0 saturated heterocycles. The molecular weight excluding hydrogens is 242 g/mol. The van der Waals surface area contributed by atoms with Crippen molar-refractivity contribution in [2.24, 2.45) is 0 Å². The van der Waals surface area contributed by atoms with Crippen molar-refractivity contribution >= 4 is 16.5 Å². The highest BCUT2D eigenvalue weighted by molar-refractivity contribution is 7.15. The Balaban J connectivity index is 1.58. The molecule has 1 aromatic carbocycles. The van der Waals surface area contributed by atoms with E-state index < -0.39 is 0 Å². The molecule has 3 rings (SSSR count). The number of hydrogen-bond acceptors (Lipinski definition) is 4. The summed E-state index contributed by atoms with van der Waals surface area (Å²) in [6.07, 6.45) is 3.68. The Hall–Kier alpha value is -1.42. The summed E-state index contributed by atoms with van der Waals surface area (Å²) >= 11 is 1.64. The van der Waals surface area contributed by atoms with E-state index in [1.807, 2.05) is 0 Å². The largest absolute Gasteiger partial charge is 0.356 e. The third-order valence-electron chi connectivity index (χ3n) is 3.24. The number of hydrogen-bond donors (Lipinski definition) is 1. The van der Waals surface area contributed by atoms with Crippen molar-refractivity contribution in [3.8, 4) is 0 Å². The predicted octanol–water partition coefficient (Wildman–Crippen LogP) is 3.59. The number of aromatic nitrogens is 2. The molecule has 0 bridgehead atoms. The number of benzene rings is 1. The average Bonchev–Trinajstić information content (AvgIpc) is 3.16. The summed E-state index contributed by atoms with van der Waals surface area (Å²) in [7, 11) is 0. The summed E-state index contributed by atoms with van der Waals surface area (Å²) in [5.41, 5.74) is 2.79. The first-order chi connectivity index (χ1) is 8.85. The van der Waals surface area contributed by atoms with E-state index in [0.717, 1.165) is 29.0 Å². The fourth-order valence-electron chi connectivity index (χ4n) is 1.97. The first-order valence-electron chi connectivity index (χ1n) is 6.50. The quantitative estimate of drug-likeness (QED) is 0.891. The Kier molecular flexibility index (Phi) is 3.28. The van der Waals surface area contributed by atoms with Crippen LogP contribution in [-0.2, 0) is 13.0 Å². The highest BCUT2D eigenvalue weighted by Gasteiger charge is 2.22. The molecular formula is C14H17N3S. The van der Waals surface area contributed by atoms with Crippen LogP contribution in [0.5, 0.6) is 0 Å². The Morgan fingerprint density at radius 1 is 1.22 bits per heavy atom. The molecule has 1 aliphatic rings. The highest BCUT2D eigenvalue weighted by Crippen LogP contribution is 2.39. The minimum Gasteiger partial charge on any atom is -0.356 e. The summed E-state index contributed by atoms with van der Waals surface area (Å²) in [6, 6.07) is 8.93. The second-order valence-corrected chi connectivity index (χ2v) is 5.79. The summed E-state index contributed by atoms with van der Waals surface area (Å²) in [4.78, 5) is 0. The highest BCUT2D eigenvalue weighted by atomic mass is 32.1. The molecule has 1 heterocycles. The Morgan fingerprint density at radius 3 is 2.61 bits per heavy atom. The van der Waals surface area contributed by atoms with Crippen molar-refractivity contribution in [2.45, 2.75) is 38.6 Å². The zero-order valence-electron chi connectivity index (χ0n) is 10.5. The van der Waals surface area contributed by atoms with Crippen LogP contribution in [-0.4, -0.2) is 10.2 Å². The lowest BCUT2D eigenvalue weighted by molar-refractivity contribution is 0.975. The lowest BCUT2D eigenvalue weighted by Crippen LogP contribution is -1.98. The summed E-state index contributed by atoms with van der Waals surface area (Å²) in [5.74, 6) is 0.835. The van der Waals surface area contributed by atoms with Crippen molar-refractivity contribution in [3.05, 3.63) is 40.4 Å². The van der Waals surface area contributed by atoms with E-state index in [-0.39, 0.29) is 0 Å². The molecule has 4 heteroatoms. The van der Waals surface area contributed by atoms with E-state index in [4.69, 9.17) is 0 Å². The van der Waals surface area contributed by atoms with Gasteiger partial charge in [0.25, 0.3) is 0 Å². The van der Waals surface area contributed by atoms with Gasteiger partial charge in [0.15, 0.2) is 0 Å². The van der Waals surface area contributed by atoms with Crippen LogP contribution in [0.2, 0.25) is 0 Å². The van der Waals surface area contributed by atoms with E-state index in [1.165, 1.54) is 24.0 Å². The van der Waals surface area contributed by atoms with Crippen LogP contribution >= 0.6 is 11.3 Å². The Bertz CT molecular complexity index is 514. The average molecular weight is 259 g/mol. The molecule has 1 N–H and O–H groups in total. The van der Waals surface area contributed by atoms with Gasteiger partial charge in [0.2, 0.25) is 5.13 Å². The third kappa shape index (κ3) is 2.70. The molecule has 1 aromatic heterocycles. The van der Waals surface area contributed by atoms with Gasteiger partial charge in [0.05, 0.1) is 0 Å². The van der Waals surface area contributed by atoms with E-state index in [0.29, 0.717) is 0 Å². The van der Waals surface area contributed by atoms with Gasteiger partial charge in [-0.3, -0.25) is 0 Å². The van der Waals surface area contributed by atoms with E-state index in [1.54, 1.807) is 11.3 Å². The zero-order chi connectivity index (χ0) is 12.4. The van der Waals surface area contributed by atoms with Gasteiger partial charge in [-0.15, -0.1) is 10.2 Å². The lowest BCUT2D eigenvalue weighted by Gasteiger charge is -2.04. The van der Waals surface area contributed by atoms with Crippen molar-refractivity contribution in [1.82, 2.24) is 10.2 Å². The molecule has 0 amide bonds. The molecule has 0 unspecified atom stereocenters. The molecule has 94 valence electrons. The van der Waals surface area contributed by atoms with Crippen molar-refractivity contribution in [1.29, 1.82) is 0 Å². The van der Waals surface area contributed by atoms with Crippen LogP contribution in [0.15, 0.2) is 24.3 Å². The summed E-state index contributed by atoms with van der Waals surface area (Å²) in [5, 5.41) is 13.5. The number of rotatable bonds is 5. The smallest absolute Gasteiger partial charge is 0.205 e. The van der Waals surface area contributed by atoms with Crippen LogP contribution < -0.4 is 5.32 Å². The van der Waals surface area contributed by atoms with Crippen LogP contribution in [0.4, 0.5) is 5.13 Å². The number of nitrogens with one attached hydrogen (secondary N) is 1. The van der Waals surface area contributed by atoms with Gasteiger partial charge in [-0.25, -0.2) is 0 Å². The Morgan fingerprint density at radius 2 is 2.00 bits per heavy atom. The molecule has 3 nitrogen and oxygen atoms in total. The van der Waals surface area contributed by atoms with Gasteiger partial charge >= 0.3 is 0 Å². The summed E-state index contributed by atoms with van der Waals surface area (Å²) in [6.45, 7) is 2.92. The molecule has 1 fully saturated rings. The molecule has 1 saturated carbocycles. The minimum absolute atomic E-state index is 0.823. The maximum absolute atomic E-state index is 4.12. The maximum Gasteiger partial charge on any atom is 0.205 e. The topological polar surface area (TPSA) is 37.8 Å². The molecule has 0 spiro atoms. The fourth-order valence-corrected chi connectivity index (χ4v) is 2.65. The lowest BCUT2D eigenvalue weighted by atomic mass is 10.1. The molecule has 2 aromatic rings. The monoisotopic (exact) mass is 259 g/mol. The van der Waals surface area contributed by atoms with Crippen LogP contribution in [0.3, 0.4) is 0 Å². The fraction of sp³-hybridized carbons (Fsp3) is 0.429. The second kappa shape index (κ2) is 5.06. The second-order valence-electron chi connectivity index (χ2n) is 4.72. The van der Waals surface area contributed by atoms with E-state index >= 15 is 0 Å². The Labute approximate surface area is 111 Å². The third-order valence-corrected chi connectivity index (χ3v) is 4.27. The van der Waals surface area contributed by atoms with Crippen molar-refractivity contribution < 1.29 is 0 Å².